The first kappa shape index (κ1) is 18.0. The Morgan fingerprint density at radius 1 is 1.14 bits per heavy atom. The molecule has 1 rings (SSSR count). The molecule has 0 aliphatic carbocycles. The van der Waals surface area contributed by atoms with Crippen LogP contribution in [0.4, 0.5) is 10.1 Å². The van der Waals surface area contributed by atoms with Crippen LogP contribution in [-0.2, 0) is 6.54 Å². The molecular weight excluding hydrogens is 263 g/mol. The highest BCUT2D eigenvalue weighted by Crippen LogP contribution is 2.31. The third-order valence-electron chi connectivity index (χ3n) is 4.07. The summed E-state index contributed by atoms with van der Waals surface area (Å²) in [6.07, 6.45) is 0. The van der Waals surface area contributed by atoms with Gasteiger partial charge in [0.2, 0.25) is 0 Å². The van der Waals surface area contributed by atoms with Crippen molar-refractivity contribution in [2.45, 2.75) is 66.6 Å². The Labute approximate surface area is 129 Å². The summed E-state index contributed by atoms with van der Waals surface area (Å²) in [6.45, 7) is 15.7. The van der Waals surface area contributed by atoms with E-state index in [1.165, 1.54) is 0 Å². The molecule has 0 amide bonds. The minimum absolute atomic E-state index is 0.0117. The predicted molar refractivity (Wildman–Crippen MR) is 90.3 cm³/mol. The van der Waals surface area contributed by atoms with Crippen LogP contribution in [0.1, 0.15) is 54.0 Å². The van der Waals surface area contributed by atoms with Crippen LogP contribution in [-0.4, -0.2) is 18.6 Å². The van der Waals surface area contributed by atoms with Crippen molar-refractivity contribution in [1.82, 2.24) is 5.32 Å². The second-order valence-electron chi connectivity index (χ2n) is 8.00. The Balaban J connectivity index is 3.10. The van der Waals surface area contributed by atoms with E-state index in [1.807, 2.05) is 13.1 Å². The number of benzene rings is 1. The van der Waals surface area contributed by atoms with Crippen molar-refractivity contribution in [1.29, 1.82) is 0 Å². The van der Waals surface area contributed by atoms with Gasteiger partial charge in [-0.2, -0.15) is 0 Å². The molecule has 0 aliphatic heterocycles. The molecule has 2 nitrogen and oxygen atoms in total. The minimum Gasteiger partial charge on any atom is -0.369 e. The van der Waals surface area contributed by atoms with Crippen molar-refractivity contribution < 1.29 is 4.39 Å². The molecule has 21 heavy (non-hydrogen) atoms. The molecule has 1 N–H and O–H groups in total. The average Bonchev–Trinajstić information content (AvgIpc) is 2.32. The van der Waals surface area contributed by atoms with Crippen LogP contribution < -0.4 is 10.2 Å². The summed E-state index contributed by atoms with van der Waals surface area (Å²) in [5.74, 6) is -0.151. The number of anilines is 1. The first-order valence-corrected chi connectivity index (χ1v) is 7.69. The fourth-order valence-corrected chi connectivity index (χ4v) is 2.23. The zero-order valence-electron chi connectivity index (χ0n) is 14.8. The first-order valence-electron chi connectivity index (χ1n) is 7.69. The summed E-state index contributed by atoms with van der Waals surface area (Å²) in [7, 11) is 1.98. The quantitative estimate of drug-likeness (QED) is 0.874. The molecule has 1 atom stereocenters. The molecule has 0 aromatic heterocycles. The predicted octanol–water partition coefficient (Wildman–Crippen LogP) is 4.58. The van der Waals surface area contributed by atoms with Gasteiger partial charge in [0.05, 0.1) is 5.69 Å². The Morgan fingerprint density at radius 2 is 1.71 bits per heavy atom. The van der Waals surface area contributed by atoms with E-state index in [4.69, 9.17) is 0 Å². The van der Waals surface area contributed by atoms with Crippen molar-refractivity contribution in [3.05, 3.63) is 29.6 Å². The fourth-order valence-electron chi connectivity index (χ4n) is 2.23. The number of rotatable bonds is 4. The molecule has 0 heterocycles. The van der Waals surface area contributed by atoms with Gasteiger partial charge in [0, 0.05) is 25.2 Å². The Bertz CT molecular complexity index is 469. The lowest BCUT2D eigenvalue weighted by Crippen LogP contribution is -2.41. The van der Waals surface area contributed by atoms with Gasteiger partial charge in [-0.05, 0) is 44.7 Å². The first-order chi connectivity index (χ1) is 9.43. The summed E-state index contributed by atoms with van der Waals surface area (Å²) in [5, 5.41) is 3.44. The monoisotopic (exact) mass is 294 g/mol. The average molecular weight is 294 g/mol. The normalized spacial score (nSPS) is 14.1. The summed E-state index contributed by atoms with van der Waals surface area (Å²) < 4.78 is 14.4. The van der Waals surface area contributed by atoms with Crippen molar-refractivity contribution in [2.75, 3.05) is 11.9 Å². The number of hydrogen-bond acceptors (Lipinski definition) is 2. The van der Waals surface area contributed by atoms with Crippen LogP contribution in [0.2, 0.25) is 0 Å². The minimum atomic E-state index is -0.151. The van der Waals surface area contributed by atoms with Crippen LogP contribution in [0.5, 0.6) is 0 Å². The Kier molecular flexibility index (Phi) is 5.43. The van der Waals surface area contributed by atoms with E-state index >= 15 is 0 Å². The maximum Gasteiger partial charge on any atom is 0.146 e. The highest BCUT2D eigenvalue weighted by atomic mass is 19.1. The summed E-state index contributed by atoms with van der Waals surface area (Å²) in [5.41, 5.74) is 1.81. The van der Waals surface area contributed by atoms with Gasteiger partial charge in [0.25, 0.3) is 0 Å². The lowest BCUT2D eigenvalue weighted by Gasteiger charge is -2.38. The summed E-state index contributed by atoms with van der Waals surface area (Å²) in [4.78, 5) is 2.06. The molecule has 1 unspecified atom stereocenters. The number of para-hydroxylation sites is 1. The van der Waals surface area contributed by atoms with Gasteiger partial charge in [0.1, 0.15) is 5.82 Å². The van der Waals surface area contributed by atoms with Gasteiger partial charge in [-0.25, -0.2) is 4.39 Å². The van der Waals surface area contributed by atoms with Gasteiger partial charge < -0.3 is 10.2 Å². The lowest BCUT2D eigenvalue weighted by atomic mass is 9.86. The van der Waals surface area contributed by atoms with Crippen LogP contribution in [0.15, 0.2) is 18.2 Å². The molecule has 0 bridgehead atoms. The standard InChI is InChI=1S/C18H31FN2/c1-13(17(2,3)4)21(8)16-14(10-9-11-15(16)19)12-20-18(5,6)7/h9-11,13,20H,12H2,1-8H3. The molecule has 0 aliphatic rings. The molecular formula is C18H31FN2. The molecule has 1 aromatic carbocycles. The number of hydrogen-bond donors (Lipinski definition) is 1. The molecule has 0 spiro atoms. The van der Waals surface area contributed by atoms with Gasteiger partial charge in [-0.3, -0.25) is 0 Å². The van der Waals surface area contributed by atoms with E-state index < -0.39 is 0 Å². The zero-order valence-corrected chi connectivity index (χ0v) is 14.8. The second-order valence-corrected chi connectivity index (χ2v) is 8.00. The van der Waals surface area contributed by atoms with E-state index in [0.29, 0.717) is 12.2 Å². The van der Waals surface area contributed by atoms with E-state index in [2.05, 4.69) is 58.7 Å². The van der Waals surface area contributed by atoms with Gasteiger partial charge >= 0.3 is 0 Å². The number of nitrogens with one attached hydrogen (secondary N) is 1. The molecule has 0 saturated heterocycles. The van der Waals surface area contributed by atoms with Crippen LogP contribution >= 0.6 is 0 Å². The fraction of sp³-hybridized carbons (Fsp3) is 0.667. The molecule has 0 fully saturated rings. The highest BCUT2D eigenvalue weighted by molar-refractivity contribution is 5.55. The van der Waals surface area contributed by atoms with Gasteiger partial charge in [-0.15, -0.1) is 0 Å². The maximum atomic E-state index is 14.4. The summed E-state index contributed by atoms with van der Waals surface area (Å²) in [6, 6.07) is 5.57. The number of nitrogens with zero attached hydrogens (tertiary/aromatic N) is 1. The largest absolute Gasteiger partial charge is 0.369 e. The smallest absolute Gasteiger partial charge is 0.146 e. The Hall–Kier alpha value is -1.09. The van der Waals surface area contributed by atoms with E-state index in [-0.39, 0.29) is 22.8 Å². The van der Waals surface area contributed by atoms with Crippen LogP contribution in [0, 0.1) is 11.2 Å². The molecule has 0 saturated carbocycles. The van der Waals surface area contributed by atoms with Crippen molar-refractivity contribution >= 4 is 5.69 Å². The molecule has 0 radical (unpaired) electrons. The van der Waals surface area contributed by atoms with Gasteiger partial charge in [0.15, 0.2) is 0 Å². The third-order valence-corrected chi connectivity index (χ3v) is 4.07. The second kappa shape index (κ2) is 6.35. The van der Waals surface area contributed by atoms with Crippen molar-refractivity contribution in [3.63, 3.8) is 0 Å². The van der Waals surface area contributed by atoms with E-state index in [9.17, 15) is 4.39 Å². The number of halogens is 1. The van der Waals surface area contributed by atoms with Crippen LogP contribution in [0.25, 0.3) is 0 Å². The molecule has 3 heteroatoms. The van der Waals surface area contributed by atoms with Crippen LogP contribution in [0.3, 0.4) is 0 Å². The third kappa shape index (κ3) is 4.99. The highest BCUT2D eigenvalue weighted by Gasteiger charge is 2.27. The van der Waals surface area contributed by atoms with E-state index in [1.54, 1.807) is 12.1 Å². The SMILES string of the molecule is CC(N(C)c1c(F)cccc1CNC(C)(C)C)C(C)(C)C. The lowest BCUT2D eigenvalue weighted by molar-refractivity contribution is 0.327. The Morgan fingerprint density at radius 3 is 2.19 bits per heavy atom. The molecule has 1 aromatic rings. The topological polar surface area (TPSA) is 15.3 Å². The zero-order chi connectivity index (χ0) is 16.4. The molecule has 120 valence electrons. The van der Waals surface area contributed by atoms with Gasteiger partial charge in [-0.1, -0.05) is 32.9 Å². The summed E-state index contributed by atoms with van der Waals surface area (Å²) >= 11 is 0. The maximum absolute atomic E-state index is 14.4. The van der Waals surface area contributed by atoms with Crippen molar-refractivity contribution in [3.8, 4) is 0 Å². The van der Waals surface area contributed by atoms with E-state index in [0.717, 1.165) is 5.56 Å². The van der Waals surface area contributed by atoms with Crippen molar-refractivity contribution in [2.24, 2.45) is 5.41 Å².